The number of benzene rings is 2. The molecule has 0 atom stereocenters. The van der Waals surface area contributed by atoms with E-state index in [4.69, 9.17) is 14.6 Å². The van der Waals surface area contributed by atoms with E-state index in [2.05, 4.69) is 0 Å². The number of aromatic carboxylic acids is 1. The Balaban J connectivity index is 2.23. The summed E-state index contributed by atoms with van der Waals surface area (Å²) in [6, 6.07) is 12.9. The van der Waals surface area contributed by atoms with Gasteiger partial charge in [-0.3, -0.25) is 0 Å². The van der Waals surface area contributed by atoms with Crippen molar-refractivity contribution >= 4 is 28.6 Å². The smallest absolute Gasteiger partial charge is 0.336 e. The van der Waals surface area contributed by atoms with Gasteiger partial charge in [-0.15, -0.1) is 0 Å². The highest BCUT2D eigenvalue weighted by Gasteiger charge is 2.14. The number of halogens is 1. The summed E-state index contributed by atoms with van der Waals surface area (Å²) in [7, 11) is 1.49. The van der Waals surface area contributed by atoms with Gasteiger partial charge in [0.15, 0.2) is 11.5 Å². The summed E-state index contributed by atoms with van der Waals surface area (Å²) in [6.07, 6.45) is 0. The van der Waals surface area contributed by atoms with Gasteiger partial charge in [0.05, 0.1) is 12.7 Å². The van der Waals surface area contributed by atoms with Crippen molar-refractivity contribution < 1.29 is 19.4 Å². The van der Waals surface area contributed by atoms with Gasteiger partial charge >= 0.3 is 5.97 Å². The van der Waals surface area contributed by atoms with Gasteiger partial charge in [0, 0.05) is 3.57 Å². The molecule has 0 bridgehead atoms. The molecule has 0 heterocycles. The second-order valence-corrected chi connectivity index (χ2v) is 5.22. The van der Waals surface area contributed by atoms with Crippen LogP contribution in [0.3, 0.4) is 0 Å². The lowest BCUT2D eigenvalue weighted by molar-refractivity contribution is 0.0695. The van der Waals surface area contributed by atoms with Crippen molar-refractivity contribution in [2.24, 2.45) is 0 Å². The van der Waals surface area contributed by atoms with Gasteiger partial charge in [0.25, 0.3) is 0 Å². The maximum absolute atomic E-state index is 11.1. The number of methoxy groups -OCH3 is 1. The van der Waals surface area contributed by atoms with Crippen LogP contribution in [0.25, 0.3) is 0 Å². The molecule has 0 saturated carbocycles. The largest absolute Gasteiger partial charge is 0.493 e. The highest BCUT2D eigenvalue weighted by Crippen LogP contribution is 2.32. The summed E-state index contributed by atoms with van der Waals surface area (Å²) in [6.45, 7) is 0.402. The summed E-state index contributed by atoms with van der Waals surface area (Å²) in [5, 5.41) is 9.08. The average molecular weight is 384 g/mol. The van der Waals surface area contributed by atoms with Crippen molar-refractivity contribution in [1.29, 1.82) is 0 Å². The molecule has 0 amide bonds. The van der Waals surface area contributed by atoms with Crippen LogP contribution in [0.15, 0.2) is 42.5 Å². The van der Waals surface area contributed by atoms with Crippen LogP contribution in [0.4, 0.5) is 0 Å². The SMILES string of the molecule is COc1cc(C(=O)O)c(I)cc1OCc1ccccc1. The molecule has 2 aromatic rings. The third-order valence-electron chi connectivity index (χ3n) is 2.72. The standard InChI is InChI=1S/C15H13IO4/c1-19-13-7-11(15(17)18)12(16)8-14(13)20-9-10-5-3-2-4-6-10/h2-8H,9H2,1H3,(H,17,18). The first-order valence-electron chi connectivity index (χ1n) is 5.89. The van der Waals surface area contributed by atoms with Crippen molar-refractivity contribution in [3.05, 3.63) is 57.2 Å². The summed E-state index contributed by atoms with van der Waals surface area (Å²) in [5.74, 6) is -0.0354. The molecule has 0 aliphatic heterocycles. The van der Waals surface area contributed by atoms with Crippen molar-refractivity contribution in [3.8, 4) is 11.5 Å². The molecule has 0 aliphatic carbocycles. The van der Waals surface area contributed by atoms with Crippen LogP contribution in [-0.2, 0) is 6.61 Å². The minimum absolute atomic E-state index is 0.203. The number of hydrogen-bond donors (Lipinski definition) is 1. The Bertz CT molecular complexity index is 611. The van der Waals surface area contributed by atoms with Gasteiger partial charge in [-0.2, -0.15) is 0 Å². The highest BCUT2D eigenvalue weighted by molar-refractivity contribution is 14.1. The number of carboxylic acid groups (broad SMARTS) is 1. The van der Waals surface area contributed by atoms with Crippen molar-refractivity contribution in [1.82, 2.24) is 0 Å². The Morgan fingerprint density at radius 3 is 2.50 bits per heavy atom. The lowest BCUT2D eigenvalue weighted by Gasteiger charge is -2.12. The molecular weight excluding hydrogens is 371 g/mol. The molecule has 0 aliphatic rings. The zero-order valence-electron chi connectivity index (χ0n) is 10.8. The van der Waals surface area contributed by atoms with Crippen LogP contribution in [-0.4, -0.2) is 18.2 Å². The van der Waals surface area contributed by atoms with Gasteiger partial charge in [-0.05, 0) is 40.3 Å². The van der Waals surface area contributed by atoms with Gasteiger partial charge in [-0.1, -0.05) is 30.3 Å². The number of carboxylic acids is 1. The van der Waals surface area contributed by atoms with E-state index in [1.54, 1.807) is 6.07 Å². The van der Waals surface area contributed by atoms with Crippen LogP contribution in [0.2, 0.25) is 0 Å². The minimum atomic E-state index is -0.984. The second-order valence-electron chi connectivity index (χ2n) is 4.06. The molecule has 5 heteroatoms. The Hall–Kier alpha value is -1.76. The molecule has 2 rings (SSSR count). The molecule has 2 aromatic carbocycles. The Morgan fingerprint density at radius 2 is 1.90 bits per heavy atom. The minimum Gasteiger partial charge on any atom is -0.493 e. The molecule has 1 N–H and O–H groups in total. The van der Waals surface area contributed by atoms with E-state index in [-0.39, 0.29) is 5.56 Å². The summed E-state index contributed by atoms with van der Waals surface area (Å²) in [4.78, 5) is 11.1. The fraction of sp³-hybridized carbons (Fsp3) is 0.133. The van der Waals surface area contributed by atoms with Gasteiger partial charge in [-0.25, -0.2) is 4.79 Å². The number of rotatable bonds is 5. The molecule has 0 unspecified atom stereocenters. The van der Waals surface area contributed by atoms with Crippen LogP contribution in [0.5, 0.6) is 11.5 Å². The van der Waals surface area contributed by atoms with Crippen LogP contribution < -0.4 is 9.47 Å². The fourth-order valence-electron chi connectivity index (χ4n) is 1.71. The lowest BCUT2D eigenvalue weighted by Crippen LogP contribution is -2.03. The number of ether oxygens (including phenoxy) is 2. The molecular formula is C15H13IO4. The first-order chi connectivity index (χ1) is 9.61. The number of carbonyl (C=O) groups is 1. The molecule has 20 heavy (non-hydrogen) atoms. The summed E-state index contributed by atoms with van der Waals surface area (Å²) >= 11 is 1.97. The van der Waals surface area contributed by atoms with Crippen LogP contribution in [0.1, 0.15) is 15.9 Å². The molecule has 0 saturated heterocycles. The van der Waals surface area contributed by atoms with E-state index in [1.165, 1.54) is 13.2 Å². The first kappa shape index (κ1) is 14.6. The summed E-state index contributed by atoms with van der Waals surface area (Å²) < 4.78 is 11.5. The molecule has 0 spiro atoms. The second kappa shape index (κ2) is 6.60. The third-order valence-corrected chi connectivity index (χ3v) is 3.61. The van der Waals surface area contributed by atoms with Crippen LogP contribution in [0, 0.1) is 3.57 Å². The molecule has 104 valence electrons. The molecule has 4 nitrogen and oxygen atoms in total. The van der Waals surface area contributed by atoms with E-state index in [1.807, 2.05) is 52.9 Å². The Kier molecular flexibility index (Phi) is 4.84. The van der Waals surface area contributed by atoms with Gasteiger partial charge in [0.2, 0.25) is 0 Å². The zero-order chi connectivity index (χ0) is 14.5. The van der Waals surface area contributed by atoms with E-state index in [9.17, 15) is 4.79 Å². The van der Waals surface area contributed by atoms with Crippen LogP contribution >= 0.6 is 22.6 Å². The quantitative estimate of drug-likeness (QED) is 0.801. The predicted octanol–water partition coefficient (Wildman–Crippen LogP) is 3.58. The zero-order valence-corrected chi connectivity index (χ0v) is 13.0. The van der Waals surface area contributed by atoms with E-state index < -0.39 is 5.97 Å². The average Bonchev–Trinajstić information content (AvgIpc) is 2.46. The van der Waals surface area contributed by atoms with Gasteiger partial charge < -0.3 is 14.6 Å². The first-order valence-corrected chi connectivity index (χ1v) is 6.97. The fourth-order valence-corrected chi connectivity index (χ4v) is 2.38. The van der Waals surface area contributed by atoms with Gasteiger partial charge in [0.1, 0.15) is 6.61 Å². The highest BCUT2D eigenvalue weighted by atomic mass is 127. The maximum atomic E-state index is 11.1. The Labute approximate surface area is 130 Å². The lowest BCUT2D eigenvalue weighted by atomic mass is 10.2. The van der Waals surface area contributed by atoms with Crippen molar-refractivity contribution in [2.75, 3.05) is 7.11 Å². The number of hydrogen-bond acceptors (Lipinski definition) is 3. The molecule has 0 aromatic heterocycles. The van der Waals surface area contributed by atoms with E-state index in [0.717, 1.165) is 5.56 Å². The topological polar surface area (TPSA) is 55.8 Å². The Morgan fingerprint density at radius 1 is 1.20 bits per heavy atom. The van der Waals surface area contributed by atoms with E-state index >= 15 is 0 Å². The van der Waals surface area contributed by atoms with Crippen molar-refractivity contribution in [3.63, 3.8) is 0 Å². The molecule has 0 radical (unpaired) electrons. The normalized spacial score (nSPS) is 10.1. The molecule has 0 fully saturated rings. The predicted molar refractivity (Wildman–Crippen MR) is 83.4 cm³/mol. The van der Waals surface area contributed by atoms with Crippen molar-refractivity contribution in [2.45, 2.75) is 6.61 Å². The maximum Gasteiger partial charge on any atom is 0.336 e. The summed E-state index contributed by atoms with van der Waals surface area (Å²) in [5.41, 5.74) is 1.24. The third kappa shape index (κ3) is 3.41. The van der Waals surface area contributed by atoms with E-state index in [0.29, 0.717) is 21.7 Å². The monoisotopic (exact) mass is 384 g/mol.